The number of para-hydroxylation sites is 1. The van der Waals surface area contributed by atoms with Crippen LogP contribution in [0.2, 0.25) is 0 Å². The molecule has 2 aromatic heterocycles. The van der Waals surface area contributed by atoms with Gasteiger partial charge in [0.25, 0.3) is 5.56 Å². The summed E-state index contributed by atoms with van der Waals surface area (Å²) in [6.07, 6.45) is -0.704. The van der Waals surface area contributed by atoms with E-state index in [4.69, 9.17) is 0 Å². The van der Waals surface area contributed by atoms with Crippen molar-refractivity contribution in [1.82, 2.24) is 24.6 Å². The third-order valence-electron chi connectivity index (χ3n) is 4.48. The van der Waals surface area contributed by atoms with Crippen LogP contribution < -0.4 is 5.56 Å². The standard InChI is InChI=1S/C18H16F3N5O/c19-18(20,21)17-23-15-6-7-25(11-14(15)16(27)24-17)9-12-8-22-26(10-12)13-4-2-1-3-5-13/h1-5,8,10H,6-7,9,11H2,(H,23,24,27). The van der Waals surface area contributed by atoms with Crippen molar-refractivity contribution < 1.29 is 13.2 Å². The molecule has 4 rings (SSSR count). The highest BCUT2D eigenvalue weighted by Crippen LogP contribution is 2.26. The molecule has 0 aliphatic carbocycles. The van der Waals surface area contributed by atoms with Crippen molar-refractivity contribution >= 4 is 0 Å². The van der Waals surface area contributed by atoms with Gasteiger partial charge in [0.05, 0.1) is 23.1 Å². The fourth-order valence-corrected chi connectivity index (χ4v) is 3.17. The average Bonchev–Trinajstić information content (AvgIpc) is 3.10. The first-order valence-corrected chi connectivity index (χ1v) is 8.41. The molecule has 9 heteroatoms. The van der Waals surface area contributed by atoms with E-state index < -0.39 is 17.6 Å². The molecule has 1 N–H and O–H groups in total. The summed E-state index contributed by atoms with van der Waals surface area (Å²) in [6, 6.07) is 9.66. The van der Waals surface area contributed by atoms with Crippen LogP contribution in [0, 0.1) is 0 Å². The van der Waals surface area contributed by atoms with E-state index >= 15 is 0 Å². The lowest BCUT2D eigenvalue weighted by Crippen LogP contribution is -2.36. The summed E-state index contributed by atoms with van der Waals surface area (Å²) in [6.45, 7) is 1.33. The third-order valence-corrected chi connectivity index (χ3v) is 4.48. The predicted octanol–water partition coefficient (Wildman–Crippen LogP) is 2.53. The molecule has 0 unspecified atom stereocenters. The van der Waals surface area contributed by atoms with Crippen LogP contribution in [0.15, 0.2) is 47.5 Å². The number of halogens is 3. The molecule has 1 aromatic carbocycles. The minimum atomic E-state index is -4.66. The Hall–Kier alpha value is -2.94. The van der Waals surface area contributed by atoms with Gasteiger partial charge in [-0.15, -0.1) is 0 Å². The molecule has 3 heterocycles. The van der Waals surface area contributed by atoms with E-state index in [1.807, 2.05) is 46.4 Å². The molecule has 6 nitrogen and oxygen atoms in total. The van der Waals surface area contributed by atoms with Crippen LogP contribution in [0.1, 0.15) is 22.6 Å². The number of alkyl halides is 3. The van der Waals surface area contributed by atoms with E-state index in [0.29, 0.717) is 25.1 Å². The highest BCUT2D eigenvalue weighted by Gasteiger charge is 2.35. The lowest BCUT2D eigenvalue weighted by atomic mass is 10.1. The van der Waals surface area contributed by atoms with E-state index in [2.05, 4.69) is 10.1 Å². The van der Waals surface area contributed by atoms with Crippen molar-refractivity contribution in [2.24, 2.45) is 0 Å². The highest BCUT2D eigenvalue weighted by molar-refractivity contribution is 5.31. The molecule has 0 saturated heterocycles. The molecule has 1 aliphatic heterocycles. The summed E-state index contributed by atoms with van der Waals surface area (Å²) in [5.74, 6) is -1.23. The van der Waals surface area contributed by atoms with Gasteiger partial charge < -0.3 is 4.98 Å². The van der Waals surface area contributed by atoms with Crippen LogP contribution in [-0.4, -0.2) is 31.2 Å². The third kappa shape index (κ3) is 3.63. The Labute approximate surface area is 152 Å². The second kappa shape index (κ2) is 6.66. The predicted molar refractivity (Wildman–Crippen MR) is 91.2 cm³/mol. The van der Waals surface area contributed by atoms with Crippen molar-refractivity contribution in [3.8, 4) is 5.69 Å². The van der Waals surface area contributed by atoms with Gasteiger partial charge in [0.1, 0.15) is 0 Å². The number of nitrogens with zero attached hydrogens (tertiary/aromatic N) is 4. The number of hydrogen-bond acceptors (Lipinski definition) is 4. The molecule has 0 amide bonds. The summed E-state index contributed by atoms with van der Waals surface area (Å²) in [5, 5.41) is 4.34. The Kier molecular flexibility index (Phi) is 4.31. The molecular formula is C18H16F3N5O. The fourth-order valence-electron chi connectivity index (χ4n) is 3.17. The van der Waals surface area contributed by atoms with Gasteiger partial charge in [-0.25, -0.2) is 9.67 Å². The summed E-state index contributed by atoms with van der Waals surface area (Å²) in [4.78, 5) is 19.5. The normalized spacial score (nSPS) is 14.9. The van der Waals surface area contributed by atoms with Gasteiger partial charge in [-0.1, -0.05) is 18.2 Å². The van der Waals surface area contributed by atoms with Gasteiger partial charge in [-0.05, 0) is 12.1 Å². The van der Waals surface area contributed by atoms with Gasteiger partial charge in [0.2, 0.25) is 5.82 Å². The van der Waals surface area contributed by atoms with Gasteiger partial charge >= 0.3 is 6.18 Å². The number of fused-ring (bicyclic) bond motifs is 1. The van der Waals surface area contributed by atoms with Crippen LogP contribution in [0.25, 0.3) is 5.69 Å². The molecule has 27 heavy (non-hydrogen) atoms. The zero-order chi connectivity index (χ0) is 19.0. The fraction of sp³-hybridized carbons (Fsp3) is 0.278. The molecule has 0 bridgehead atoms. The van der Waals surface area contributed by atoms with Crippen molar-refractivity contribution in [3.05, 3.63) is 75.7 Å². The second-order valence-electron chi connectivity index (χ2n) is 6.43. The SMILES string of the molecule is O=c1[nH]c(C(F)(F)F)nc2c1CN(Cc1cnn(-c3ccccc3)c1)CC2. The number of nitrogens with one attached hydrogen (secondary N) is 1. The van der Waals surface area contributed by atoms with Crippen LogP contribution in [-0.2, 0) is 25.7 Å². The second-order valence-corrected chi connectivity index (χ2v) is 6.43. The largest absolute Gasteiger partial charge is 0.449 e. The summed E-state index contributed by atoms with van der Waals surface area (Å²) >= 11 is 0. The molecule has 0 fully saturated rings. The lowest BCUT2D eigenvalue weighted by molar-refractivity contribution is -0.145. The van der Waals surface area contributed by atoms with Crippen molar-refractivity contribution in [3.63, 3.8) is 0 Å². The number of rotatable bonds is 3. The lowest BCUT2D eigenvalue weighted by Gasteiger charge is -2.27. The van der Waals surface area contributed by atoms with Crippen molar-refractivity contribution in [2.45, 2.75) is 25.7 Å². The van der Waals surface area contributed by atoms with E-state index in [0.717, 1.165) is 11.3 Å². The number of H-pyrrole nitrogens is 1. The maximum atomic E-state index is 12.8. The van der Waals surface area contributed by atoms with Crippen LogP contribution in [0.4, 0.5) is 13.2 Å². The zero-order valence-electron chi connectivity index (χ0n) is 14.2. The molecule has 0 spiro atoms. The van der Waals surface area contributed by atoms with Crippen molar-refractivity contribution in [1.29, 1.82) is 0 Å². The molecule has 140 valence electrons. The van der Waals surface area contributed by atoms with Gasteiger partial charge in [0.15, 0.2) is 0 Å². The molecule has 1 aliphatic rings. The summed E-state index contributed by atoms with van der Waals surface area (Å²) in [5.41, 5.74) is 1.69. The number of benzene rings is 1. The minimum Gasteiger partial charge on any atom is -0.303 e. The zero-order valence-corrected chi connectivity index (χ0v) is 14.2. The Morgan fingerprint density at radius 1 is 1.19 bits per heavy atom. The number of aromatic amines is 1. The first-order chi connectivity index (χ1) is 12.9. The van der Waals surface area contributed by atoms with Gasteiger partial charge in [-0.2, -0.15) is 18.3 Å². The number of aromatic nitrogens is 4. The van der Waals surface area contributed by atoms with E-state index in [1.54, 1.807) is 10.9 Å². The van der Waals surface area contributed by atoms with Gasteiger partial charge in [0, 0.05) is 37.8 Å². The Morgan fingerprint density at radius 2 is 1.96 bits per heavy atom. The first-order valence-electron chi connectivity index (χ1n) is 8.41. The highest BCUT2D eigenvalue weighted by atomic mass is 19.4. The quantitative estimate of drug-likeness (QED) is 0.764. The van der Waals surface area contributed by atoms with E-state index in [9.17, 15) is 18.0 Å². The molecule has 0 atom stereocenters. The maximum absolute atomic E-state index is 12.8. The van der Waals surface area contributed by atoms with E-state index in [1.165, 1.54) is 0 Å². The molecule has 3 aromatic rings. The minimum absolute atomic E-state index is 0.224. The van der Waals surface area contributed by atoms with Crippen LogP contribution in [0.5, 0.6) is 0 Å². The first kappa shape index (κ1) is 17.5. The Balaban J connectivity index is 1.51. The van der Waals surface area contributed by atoms with Crippen LogP contribution >= 0.6 is 0 Å². The summed E-state index contributed by atoms with van der Waals surface area (Å²) < 4.78 is 40.1. The summed E-state index contributed by atoms with van der Waals surface area (Å²) in [7, 11) is 0. The van der Waals surface area contributed by atoms with E-state index in [-0.39, 0.29) is 12.2 Å². The monoisotopic (exact) mass is 375 g/mol. The number of hydrogen-bond donors (Lipinski definition) is 1. The van der Waals surface area contributed by atoms with Crippen LogP contribution in [0.3, 0.4) is 0 Å². The van der Waals surface area contributed by atoms with Gasteiger partial charge in [-0.3, -0.25) is 9.69 Å². The molecule has 0 radical (unpaired) electrons. The van der Waals surface area contributed by atoms with Crippen molar-refractivity contribution in [2.75, 3.05) is 6.54 Å². The maximum Gasteiger partial charge on any atom is 0.449 e. The smallest absolute Gasteiger partial charge is 0.303 e. The average molecular weight is 375 g/mol. The Morgan fingerprint density at radius 3 is 2.70 bits per heavy atom. The topological polar surface area (TPSA) is 66.8 Å². The Bertz CT molecular complexity index is 1010. The molecular weight excluding hydrogens is 359 g/mol. The molecule has 0 saturated carbocycles.